The van der Waals surface area contributed by atoms with Crippen LogP contribution in [0.4, 0.5) is 4.79 Å². The van der Waals surface area contributed by atoms with Gasteiger partial charge < -0.3 is 36.5 Å². The summed E-state index contributed by atoms with van der Waals surface area (Å²) >= 11 is 0. The Morgan fingerprint density at radius 3 is 1.23 bits per heavy atom. The minimum absolute atomic E-state index is 0. The molecule has 0 fully saturated rings. The fraction of sp³-hybridized carbons (Fsp3) is 0. The quantitative estimate of drug-likeness (QED) is 0.266. The summed E-state index contributed by atoms with van der Waals surface area (Å²) in [5.74, 6) is 0. The molecule has 7 nitrogen and oxygen atoms in total. The van der Waals surface area contributed by atoms with Gasteiger partial charge in [-0.1, -0.05) is 0 Å². The first-order valence-electron chi connectivity index (χ1n) is 1.30. The summed E-state index contributed by atoms with van der Waals surface area (Å²) in [5.41, 5.74) is 0. The molecule has 0 unspecified atom stereocenters. The van der Waals surface area contributed by atoms with Gasteiger partial charge in [0.25, 0.3) is 0 Å². The van der Waals surface area contributed by atoms with E-state index in [1.807, 2.05) is 0 Å². The Balaban J connectivity index is -0.0000000146. The van der Waals surface area contributed by atoms with Gasteiger partial charge in [0, 0.05) is 10.4 Å². The fourth-order valence-corrected chi connectivity index (χ4v) is 0. The van der Waals surface area contributed by atoms with E-state index < -0.39 is 16.6 Å². The third-order valence-electron chi connectivity index (χ3n) is 0. The summed E-state index contributed by atoms with van der Waals surface area (Å²) in [6.45, 7) is 0. The van der Waals surface area contributed by atoms with Crippen LogP contribution in [-0.2, 0) is 10.4 Å². The van der Waals surface area contributed by atoms with Gasteiger partial charge in [0.2, 0.25) is 6.16 Å². The molecule has 12 heteroatoms. The summed E-state index contributed by atoms with van der Waals surface area (Å²) < 4.78 is 34.1. The average molecular weight is 295 g/mol. The van der Waals surface area contributed by atoms with E-state index in [4.69, 9.17) is 32.5 Å². The zero-order valence-electron chi connectivity index (χ0n) is 6.89. The van der Waals surface area contributed by atoms with Crippen LogP contribution < -0.4 is 98.5 Å². The van der Waals surface area contributed by atoms with E-state index >= 15 is 0 Å². The van der Waals surface area contributed by atoms with Crippen molar-refractivity contribution in [2.75, 3.05) is 0 Å². The Bertz CT molecular complexity index is 171. The molecule has 0 aromatic rings. The van der Waals surface area contributed by atoms with Gasteiger partial charge in [-0.05, 0) is 0 Å². The van der Waals surface area contributed by atoms with E-state index in [-0.39, 0.29) is 131 Å². The minimum Gasteiger partial charge on any atom is -1.00 e. The van der Waals surface area contributed by atoms with Crippen LogP contribution in [0.2, 0.25) is 0 Å². The number of hydrogen-bond donors (Lipinski definition) is 1. The second-order valence-corrected chi connectivity index (χ2v) is 1.49. The van der Waals surface area contributed by atoms with Gasteiger partial charge in [-0.25, -0.2) is 0 Å². The molecule has 0 bridgehead atoms. The molecule has 0 heterocycles. The SMILES string of the molecule is O=C([O-])O.O=S(=O)([O-])[O-].[Ca+2].[Cl-].[K+].[Na+]. The van der Waals surface area contributed by atoms with Gasteiger partial charge in [0.05, 0.1) is 0 Å². The molecule has 0 spiro atoms. The second-order valence-electron chi connectivity index (χ2n) is 0.674. The average Bonchev–Trinajstić information content (AvgIpc) is 1.19. The molecule has 13 heavy (non-hydrogen) atoms. The topological polar surface area (TPSA) is 141 Å². The van der Waals surface area contributed by atoms with Gasteiger partial charge in [-0.15, -0.1) is 0 Å². The normalized spacial score (nSPS) is 6.31. The molecule has 0 saturated carbocycles. The maximum Gasteiger partial charge on any atom is 2.00 e. The molecule has 1 N–H and O–H groups in total. The molecule has 0 amide bonds. The Hall–Kier alpha value is 3.33. The summed E-state index contributed by atoms with van der Waals surface area (Å²) in [4.78, 5) is 8.44. The first-order chi connectivity index (χ1) is 3.73. The van der Waals surface area contributed by atoms with Crippen LogP contribution in [0.1, 0.15) is 0 Å². The Labute approximate surface area is 176 Å². The molecule has 0 rings (SSSR count). The van der Waals surface area contributed by atoms with Gasteiger partial charge in [0.1, 0.15) is 0 Å². The van der Waals surface area contributed by atoms with Crippen LogP contribution in [0.5, 0.6) is 0 Å². The summed E-state index contributed by atoms with van der Waals surface area (Å²) in [6, 6.07) is 0. The monoisotopic (exact) mass is 294 g/mol. The van der Waals surface area contributed by atoms with Crippen molar-refractivity contribution in [2.24, 2.45) is 0 Å². The maximum atomic E-state index is 8.52. The van der Waals surface area contributed by atoms with Gasteiger partial charge in [-0.3, -0.25) is 8.42 Å². The van der Waals surface area contributed by atoms with Crippen molar-refractivity contribution >= 4 is 54.3 Å². The van der Waals surface area contributed by atoms with E-state index in [0.29, 0.717) is 0 Å². The predicted octanol–water partition coefficient (Wildman–Crippen LogP) is -11.8. The molecule has 0 aliphatic rings. The Morgan fingerprint density at radius 1 is 1.23 bits per heavy atom. The van der Waals surface area contributed by atoms with Gasteiger partial charge >= 0.3 is 119 Å². The summed E-state index contributed by atoms with van der Waals surface area (Å²) in [7, 11) is -5.17. The number of carboxylic acid groups (broad SMARTS) is 2. The van der Waals surface area contributed by atoms with Crippen molar-refractivity contribution in [3.63, 3.8) is 0 Å². The molecule has 64 valence electrons. The molecule has 0 aliphatic heterocycles. The molecule has 0 aromatic heterocycles. The summed E-state index contributed by atoms with van der Waals surface area (Å²) in [5, 5.41) is 15.3. The smallest absolute Gasteiger partial charge is 1.00 e. The van der Waals surface area contributed by atoms with E-state index in [2.05, 4.69) is 0 Å². The van der Waals surface area contributed by atoms with Crippen LogP contribution in [0, 0.1) is 0 Å². The predicted molar refractivity (Wildman–Crippen MR) is 24.3 cm³/mol. The molecule has 0 aliphatic carbocycles. The molecule has 0 atom stereocenters. The van der Waals surface area contributed by atoms with Gasteiger partial charge in [0.15, 0.2) is 0 Å². The van der Waals surface area contributed by atoms with E-state index in [9.17, 15) is 0 Å². The third kappa shape index (κ3) is 246. The van der Waals surface area contributed by atoms with Crippen molar-refractivity contribution in [1.82, 2.24) is 0 Å². The minimum atomic E-state index is -5.17. The standard InChI is InChI=1S/CH2O3.Ca.ClH.K.Na.H2O4S/c2-1(3)4;;;;;1-5(2,3)4/h(H2,2,3,4);;1H;;;(H2,1,2,3,4)/q;+2;;2*+1;/p-4. The van der Waals surface area contributed by atoms with Crippen molar-refractivity contribution < 1.29 is 126 Å². The van der Waals surface area contributed by atoms with Crippen molar-refractivity contribution in [2.45, 2.75) is 0 Å². The molecule has 0 radical (unpaired) electrons. The first kappa shape index (κ1) is 36.0. The second kappa shape index (κ2) is 20.7. The number of halogens is 1. The fourth-order valence-electron chi connectivity index (χ4n) is 0. The zero-order valence-corrected chi connectivity index (χ0v) is 15.8. The number of carbonyl (C=O) groups is 1. The Kier molecular flexibility index (Phi) is 57.3. The van der Waals surface area contributed by atoms with Crippen LogP contribution in [0.15, 0.2) is 0 Å². The molecule has 0 saturated heterocycles. The molecular weight excluding hydrogens is 294 g/mol. The molecular formula is CHCaClKNaO7S. The largest absolute Gasteiger partial charge is 2.00 e. The number of hydrogen-bond acceptors (Lipinski definition) is 6. The first-order valence-corrected chi connectivity index (χ1v) is 2.63. The van der Waals surface area contributed by atoms with Gasteiger partial charge in [-0.2, -0.15) is 0 Å². The summed E-state index contributed by atoms with van der Waals surface area (Å²) in [6.07, 6.45) is -2.08. The van der Waals surface area contributed by atoms with Crippen LogP contribution in [0.25, 0.3) is 0 Å². The van der Waals surface area contributed by atoms with Crippen LogP contribution in [-0.4, -0.2) is 66.5 Å². The van der Waals surface area contributed by atoms with Crippen LogP contribution in [0.3, 0.4) is 0 Å². The van der Waals surface area contributed by atoms with E-state index in [1.54, 1.807) is 0 Å². The Morgan fingerprint density at radius 2 is 1.23 bits per heavy atom. The molecule has 0 aromatic carbocycles. The maximum absolute atomic E-state index is 8.52. The van der Waals surface area contributed by atoms with Crippen molar-refractivity contribution in [1.29, 1.82) is 0 Å². The zero-order chi connectivity index (χ0) is 8.08. The van der Waals surface area contributed by atoms with Crippen molar-refractivity contribution in [3.05, 3.63) is 0 Å². The van der Waals surface area contributed by atoms with Crippen LogP contribution >= 0.6 is 0 Å². The van der Waals surface area contributed by atoms with Crippen molar-refractivity contribution in [3.8, 4) is 0 Å². The van der Waals surface area contributed by atoms with E-state index in [0.717, 1.165) is 0 Å². The third-order valence-corrected chi connectivity index (χ3v) is 0. The number of rotatable bonds is 0. The van der Waals surface area contributed by atoms with E-state index in [1.165, 1.54) is 0 Å².